The molecule has 42 valence electrons. The van der Waals surface area contributed by atoms with Gasteiger partial charge in [0.15, 0.2) is 6.21 Å². The van der Waals surface area contributed by atoms with E-state index in [0.29, 0.717) is 13.1 Å². The Morgan fingerprint density at radius 1 is 1.86 bits per heavy atom. The van der Waals surface area contributed by atoms with Gasteiger partial charge in [-0.2, -0.15) is 0 Å². The van der Waals surface area contributed by atoms with Crippen LogP contribution in [0.3, 0.4) is 0 Å². The van der Waals surface area contributed by atoms with E-state index in [0.717, 1.165) is 4.74 Å². The second-order valence-corrected chi connectivity index (χ2v) is 1.15. The standard InChI is InChI=1S/C4H10N2O/c1-2-6(7)4-3-5/h4H,2-3,5H2,1H3/b6-4-. The van der Waals surface area contributed by atoms with E-state index in [2.05, 4.69) is 0 Å². The van der Waals surface area contributed by atoms with Gasteiger partial charge in [-0.25, -0.2) is 4.74 Å². The largest absolute Gasteiger partial charge is 0.624 e. The molecule has 0 amide bonds. The summed E-state index contributed by atoms with van der Waals surface area (Å²) in [5.74, 6) is 0. The average Bonchev–Trinajstić information content (AvgIpc) is 1.68. The summed E-state index contributed by atoms with van der Waals surface area (Å²) in [4.78, 5) is 0. The zero-order chi connectivity index (χ0) is 5.70. The lowest BCUT2D eigenvalue weighted by atomic mass is 10.7. The monoisotopic (exact) mass is 102 g/mol. The minimum atomic E-state index is 0.331. The molecule has 0 bridgehead atoms. The van der Waals surface area contributed by atoms with Gasteiger partial charge in [-0.3, -0.25) is 0 Å². The number of nitrogens with zero attached hydrogens (tertiary/aromatic N) is 1. The summed E-state index contributed by atoms with van der Waals surface area (Å²) in [5, 5.41) is 10.2. The first-order chi connectivity index (χ1) is 3.31. The molecule has 0 saturated carbocycles. The number of hydroxylamine groups is 1. The van der Waals surface area contributed by atoms with Crippen molar-refractivity contribution >= 4 is 6.21 Å². The highest BCUT2D eigenvalue weighted by Gasteiger charge is 1.78. The van der Waals surface area contributed by atoms with E-state index in [1.807, 2.05) is 0 Å². The lowest BCUT2D eigenvalue weighted by Crippen LogP contribution is -2.11. The smallest absolute Gasteiger partial charge is 0.164 e. The number of hydrogen-bond acceptors (Lipinski definition) is 2. The summed E-state index contributed by atoms with van der Waals surface area (Å²) >= 11 is 0. The summed E-state index contributed by atoms with van der Waals surface area (Å²) in [6.45, 7) is 2.59. The van der Waals surface area contributed by atoms with Crippen LogP contribution in [-0.4, -0.2) is 24.0 Å². The van der Waals surface area contributed by atoms with E-state index < -0.39 is 0 Å². The van der Waals surface area contributed by atoms with Crippen molar-refractivity contribution < 1.29 is 4.74 Å². The Bertz CT molecular complexity index is 70.1. The topological polar surface area (TPSA) is 52.1 Å². The third-order valence-corrected chi connectivity index (χ3v) is 0.621. The molecule has 0 rings (SSSR count). The molecule has 0 aromatic carbocycles. The molecule has 0 saturated heterocycles. The van der Waals surface area contributed by atoms with Crippen molar-refractivity contribution in [3.05, 3.63) is 5.21 Å². The fraction of sp³-hybridized carbons (Fsp3) is 0.750. The van der Waals surface area contributed by atoms with E-state index in [1.54, 1.807) is 6.92 Å². The Kier molecular flexibility index (Phi) is 3.32. The molecular weight excluding hydrogens is 92.1 g/mol. The number of rotatable bonds is 2. The van der Waals surface area contributed by atoms with Gasteiger partial charge < -0.3 is 10.9 Å². The maximum absolute atomic E-state index is 10.2. The van der Waals surface area contributed by atoms with Crippen LogP contribution >= 0.6 is 0 Å². The summed E-state index contributed by atoms with van der Waals surface area (Å²) in [7, 11) is 0. The Hall–Kier alpha value is -0.570. The fourth-order valence-corrected chi connectivity index (χ4v) is 0.247. The van der Waals surface area contributed by atoms with Gasteiger partial charge in [0.05, 0.1) is 6.54 Å². The molecule has 3 heteroatoms. The predicted molar refractivity (Wildman–Crippen MR) is 29.3 cm³/mol. The van der Waals surface area contributed by atoms with E-state index >= 15 is 0 Å². The highest BCUT2D eigenvalue weighted by atomic mass is 16.5. The van der Waals surface area contributed by atoms with Gasteiger partial charge >= 0.3 is 0 Å². The van der Waals surface area contributed by atoms with Crippen LogP contribution in [0.1, 0.15) is 6.92 Å². The van der Waals surface area contributed by atoms with Gasteiger partial charge in [0.1, 0.15) is 6.54 Å². The lowest BCUT2D eigenvalue weighted by Gasteiger charge is -1.95. The highest BCUT2D eigenvalue weighted by molar-refractivity contribution is 5.53. The zero-order valence-corrected chi connectivity index (χ0v) is 4.42. The molecule has 7 heavy (non-hydrogen) atoms. The molecule has 0 aliphatic rings. The first-order valence-electron chi connectivity index (χ1n) is 2.28. The van der Waals surface area contributed by atoms with Crippen LogP contribution in [0, 0.1) is 5.21 Å². The molecule has 0 fully saturated rings. The van der Waals surface area contributed by atoms with Gasteiger partial charge in [0, 0.05) is 0 Å². The van der Waals surface area contributed by atoms with E-state index in [-0.39, 0.29) is 0 Å². The Labute approximate surface area is 43.0 Å². The normalized spacial score (nSPS) is 12.0. The van der Waals surface area contributed by atoms with Gasteiger partial charge in [0.2, 0.25) is 0 Å². The Balaban J connectivity index is 3.29. The van der Waals surface area contributed by atoms with Gasteiger partial charge in [-0.05, 0) is 6.92 Å². The van der Waals surface area contributed by atoms with Crippen LogP contribution in [-0.2, 0) is 0 Å². The van der Waals surface area contributed by atoms with Gasteiger partial charge in [-0.1, -0.05) is 0 Å². The fourth-order valence-electron chi connectivity index (χ4n) is 0.247. The van der Waals surface area contributed by atoms with E-state index in [1.165, 1.54) is 6.21 Å². The summed E-state index contributed by atoms with van der Waals surface area (Å²) in [5.41, 5.74) is 5.01. The minimum Gasteiger partial charge on any atom is -0.624 e. The summed E-state index contributed by atoms with van der Waals surface area (Å²) in [6, 6.07) is 0. The van der Waals surface area contributed by atoms with Crippen LogP contribution in [0.4, 0.5) is 0 Å². The number of hydrogen-bond donors (Lipinski definition) is 1. The van der Waals surface area contributed by atoms with Crippen LogP contribution in [0.2, 0.25) is 0 Å². The molecular formula is C4H10N2O. The van der Waals surface area contributed by atoms with Crippen molar-refractivity contribution in [2.45, 2.75) is 6.92 Å². The van der Waals surface area contributed by atoms with Crippen molar-refractivity contribution in [3.8, 4) is 0 Å². The second-order valence-electron chi connectivity index (χ2n) is 1.15. The molecule has 0 aromatic rings. The molecule has 0 aliphatic carbocycles. The van der Waals surface area contributed by atoms with Crippen molar-refractivity contribution in [3.63, 3.8) is 0 Å². The minimum absolute atomic E-state index is 0.331. The molecule has 0 heterocycles. The predicted octanol–water partition coefficient (Wildman–Crippen LogP) is -0.454. The highest BCUT2D eigenvalue weighted by Crippen LogP contribution is 1.61. The molecule has 0 aliphatic heterocycles. The van der Waals surface area contributed by atoms with Crippen LogP contribution < -0.4 is 5.73 Å². The molecule has 0 spiro atoms. The van der Waals surface area contributed by atoms with Crippen LogP contribution in [0.5, 0.6) is 0 Å². The summed E-state index contributed by atoms with van der Waals surface area (Å²) in [6.07, 6.45) is 1.40. The lowest BCUT2D eigenvalue weighted by molar-refractivity contribution is -0.448. The average molecular weight is 102 g/mol. The van der Waals surface area contributed by atoms with Gasteiger partial charge in [-0.15, -0.1) is 0 Å². The quantitative estimate of drug-likeness (QED) is 0.222. The van der Waals surface area contributed by atoms with Crippen molar-refractivity contribution in [2.75, 3.05) is 13.1 Å². The van der Waals surface area contributed by atoms with Gasteiger partial charge in [0.25, 0.3) is 0 Å². The molecule has 2 N–H and O–H groups in total. The zero-order valence-electron chi connectivity index (χ0n) is 4.42. The van der Waals surface area contributed by atoms with Crippen molar-refractivity contribution in [1.82, 2.24) is 0 Å². The number of nitrogens with two attached hydrogens (primary N) is 1. The molecule has 0 atom stereocenters. The van der Waals surface area contributed by atoms with E-state index in [9.17, 15) is 5.21 Å². The van der Waals surface area contributed by atoms with Crippen molar-refractivity contribution in [1.29, 1.82) is 0 Å². The summed E-state index contributed by atoms with van der Waals surface area (Å²) < 4.78 is 0.806. The SMILES string of the molecule is CC/[N+]([O-])=C/CN. The second kappa shape index (κ2) is 3.61. The van der Waals surface area contributed by atoms with E-state index in [4.69, 9.17) is 5.73 Å². The maximum atomic E-state index is 10.2. The third kappa shape index (κ3) is 3.26. The third-order valence-electron chi connectivity index (χ3n) is 0.621. The van der Waals surface area contributed by atoms with Crippen LogP contribution in [0.25, 0.3) is 0 Å². The first kappa shape index (κ1) is 6.43. The first-order valence-corrected chi connectivity index (χ1v) is 2.28. The van der Waals surface area contributed by atoms with Crippen molar-refractivity contribution in [2.24, 2.45) is 5.73 Å². The molecule has 3 nitrogen and oxygen atoms in total. The van der Waals surface area contributed by atoms with Crippen LogP contribution in [0.15, 0.2) is 0 Å². The molecule has 0 aromatic heterocycles. The molecule has 0 unspecified atom stereocenters. The molecule has 0 radical (unpaired) electrons. The maximum Gasteiger partial charge on any atom is 0.164 e. The Morgan fingerprint density at radius 2 is 2.43 bits per heavy atom. The Morgan fingerprint density at radius 3 is 2.57 bits per heavy atom.